The molecule has 5 heteroatoms. The van der Waals surface area contributed by atoms with Crippen molar-refractivity contribution in [3.8, 4) is 11.1 Å². The number of carbonyl (C=O) groups is 2. The van der Waals surface area contributed by atoms with Crippen LogP contribution in [0.2, 0.25) is 0 Å². The highest BCUT2D eigenvalue weighted by atomic mass is 19.1. The average Bonchev–Trinajstić information content (AvgIpc) is 3.30. The van der Waals surface area contributed by atoms with Crippen LogP contribution in [-0.4, -0.2) is 16.7 Å². The SMILES string of the molecule is O=C(CC1CCC(C(=O)Cc2ccc(-c3ccccc3F)cc2)CC1)c1ccon1. The molecule has 0 bridgehead atoms. The topological polar surface area (TPSA) is 60.2 Å². The van der Waals surface area contributed by atoms with Crippen molar-refractivity contribution in [2.24, 2.45) is 11.8 Å². The van der Waals surface area contributed by atoms with Crippen molar-refractivity contribution in [2.75, 3.05) is 0 Å². The van der Waals surface area contributed by atoms with Crippen LogP contribution >= 0.6 is 0 Å². The predicted octanol–water partition coefficient (Wildman–Crippen LogP) is 5.67. The van der Waals surface area contributed by atoms with E-state index in [2.05, 4.69) is 5.16 Å². The number of hydrogen-bond acceptors (Lipinski definition) is 4. The summed E-state index contributed by atoms with van der Waals surface area (Å²) < 4.78 is 18.7. The fourth-order valence-electron chi connectivity index (χ4n) is 4.25. The van der Waals surface area contributed by atoms with Crippen molar-refractivity contribution in [3.63, 3.8) is 0 Å². The minimum Gasteiger partial charge on any atom is -0.364 e. The minimum absolute atomic E-state index is 0.00784. The molecule has 1 fully saturated rings. The lowest BCUT2D eigenvalue weighted by molar-refractivity contribution is -0.123. The molecule has 1 aromatic heterocycles. The molecule has 1 heterocycles. The molecular formula is C25H24FNO3. The Kier molecular flexibility index (Phi) is 6.17. The van der Waals surface area contributed by atoms with Crippen molar-refractivity contribution in [2.45, 2.75) is 38.5 Å². The fourth-order valence-corrected chi connectivity index (χ4v) is 4.25. The first-order valence-electron chi connectivity index (χ1n) is 10.4. The number of benzene rings is 2. The number of halogens is 1. The number of Topliss-reactive ketones (excluding diaryl/α,β-unsaturated/α-hetero) is 2. The molecule has 1 saturated carbocycles. The molecule has 0 N–H and O–H groups in total. The molecule has 2 aromatic carbocycles. The van der Waals surface area contributed by atoms with Crippen LogP contribution in [0, 0.1) is 17.7 Å². The number of ketones is 2. The standard InChI is InChI=1S/C25H24FNO3/c26-22-4-2-1-3-21(22)19-9-5-17(6-10-19)15-24(28)20-11-7-18(8-12-20)16-25(29)23-13-14-30-27-23/h1-6,9-10,13-14,18,20H,7-8,11-12,15-16H2. The maximum absolute atomic E-state index is 13.9. The Labute approximate surface area is 175 Å². The van der Waals surface area contributed by atoms with E-state index < -0.39 is 0 Å². The van der Waals surface area contributed by atoms with E-state index in [1.807, 2.05) is 30.3 Å². The molecule has 0 atom stereocenters. The number of rotatable bonds is 7. The van der Waals surface area contributed by atoms with Crippen LogP contribution in [0.1, 0.15) is 48.2 Å². The van der Waals surface area contributed by atoms with Crippen LogP contribution < -0.4 is 0 Å². The predicted molar refractivity (Wildman–Crippen MR) is 111 cm³/mol. The molecule has 1 aliphatic rings. The van der Waals surface area contributed by atoms with Gasteiger partial charge in [-0.15, -0.1) is 0 Å². The van der Waals surface area contributed by atoms with Gasteiger partial charge in [-0.25, -0.2) is 4.39 Å². The second-order valence-corrected chi connectivity index (χ2v) is 8.05. The van der Waals surface area contributed by atoms with Crippen molar-refractivity contribution < 1.29 is 18.5 Å². The summed E-state index contributed by atoms with van der Waals surface area (Å²) in [5, 5.41) is 3.70. The number of aromatic nitrogens is 1. The molecule has 0 aliphatic heterocycles. The first-order chi connectivity index (χ1) is 14.6. The molecule has 0 unspecified atom stereocenters. The second kappa shape index (κ2) is 9.16. The van der Waals surface area contributed by atoms with Gasteiger partial charge in [0.25, 0.3) is 0 Å². The molecule has 0 spiro atoms. The summed E-state index contributed by atoms with van der Waals surface area (Å²) in [5.41, 5.74) is 2.70. The number of carbonyl (C=O) groups excluding carboxylic acids is 2. The maximum atomic E-state index is 13.9. The van der Waals surface area contributed by atoms with Gasteiger partial charge in [-0.1, -0.05) is 47.6 Å². The third-order valence-corrected chi connectivity index (χ3v) is 6.02. The maximum Gasteiger partial charge on any atom is 0.184 e. The van der Waals surface area contributed by atoms with E-state index >= 15 is 0 Å². The Balaban J connectivity index is 1.29. The van der Waals surface area contributed by atoms with Crippen LogP contribution in [0.15, 0.2) is 65.4 Å². The van der Waals surface area contributed by atoms with Gasteiger partial charge in [-0.05, 0) is 48.8 Å². The van der Waals surface area contributed by atoms with Crippen LogP contribution in [0.5, 0.6) is 0 Å². The number of hydrogen-bond donors (Lipinski definition) is 0. The zero-order valence-corrected chi connectivity index (χ0v) is 16.7. The van der Waals surface area contributed by atoms with Crippen LogP contribution in [0.4, 0.5) is 4.39 Å². The summed E-state index contributed by atoms with van der Waals surface area (Å²) in [4.78, 5) is 24.9. The average molecular weight is 405 g/mol. The van der Waals surface area contributed by atoms with E-state index in [1.54, 1.807) is 18.2 Å². The van der Waals surface area contributed by atoms with Gasteiger partial charge in [-0.3, -0.25) is 9.59 Å². The summed E-state index contributed by atoms with van der Waals surface area (Å²) in [5.74, 6) is 0.358. The fraction of sp³-hybridized carbons (Fsp3) is 0.320. The van der Waals surface area contributed by atoms with E-state index in [4.69, 9.17) is 4.52 Å². The van der Waals surface area contributed by atoms with Crippen molar-refractivity contribution in [1.82, 2.24) is 5.16 Å². The van der Waals surface area contributed by atoms with Crippen LogP contribution in [-0.2, 0) is 11.2 Å². The van der Waals surface area contributed by atoms with Gasteiger partial charge in [0.1, 0.15) is 23.6 Å². The molecule has 0 saturated heterocycles. The highest BCUT2D eigenvalue weighted by Gasteiger charge is 2.28. The van der Waals surface area contributed by atoms with Gasteiger partial charge < -0.3 is 4.52 Å². The van der Waals surface area contributed by atoms with E-state index in [9.17, 15) is 14.0 Å². The monoisotopic (exact) mass is 405 g/mol. The zero-order valence-electron chi connectivity index (χ0n) is 16.7. The molecule has 0 amide bonds. The third kappa shape index (κ3) is 4.73. The molecule has 0 radical (unpaired) electrons. The van der Waals surface area contributed by atoms with Gasteiger partial charge in [0.15, 0.2) is 5.78 Å². The Hall–Kier alpha value is -3.08. The van der Waals surface area contributed by atoms with Crippen molar-refractivity contribution in [1.29, 1.82) is 0 Å². The summed E-state index contributed by atoms with van der Waals surface area (Å²) in [6, 6.07) is 15.8. The summed E-state index contributed by atoms with van der Waals surface area (Å²) in [7, 11) is 0. The van der Waals surface area contributed by atoms with Gasteiger partial charge in [-0.2, -0.15) is 0 Å². The summed E-state index contributed by atoms with van der Waals surface area (Å²) in [6.07, 6.45) is 5.67. The van der Waals surface area contributed by atoms with Crippen LogP contribution in [0.3, 0.4) is 0 Å². The van der Waals surface area contributed by atoms with E-state index in [0.717, 1.165) is 36.8 Å². The largest absolute Gasteiger partial charge is 0.364 e. The lowest BCUT2D eigenvalue weighted by Gasteiger charge is -2.27. The smallest absolute Gasteiger partial charge is 0.184 e. The highest BCUT2D eigenvalue weighted by Crippen LogP contribution is 2.33. The Morgan fingerprint density at radius 1 is 0.967 bits per heavy atom. The first-order valence-corrected chi connectivity index (χ1v) is 10.4. The Morgan fingerprint density at radius 3 is 2.37 bits per heavy atom. The first kappa shape index (κ1) is 20.2. The van der Waals surface area contributed by atoms with Gasteiger partial charge in [0, 0.05) is 30.4 Å². The molecule has 1 aliphatic carbocycles. The normalized spacial score (nSPS) is 18.8. The van der Waals surface area contributed by atoms with E-state index in [0.29, 0.717) is 30.0 Å². The summed E-state index contributed by atoms with van der Waals surface area (Å²) >= 11 is 0. The van der Waals surface area contributed by atoms with Gasteiger partial charge in [0.2, 0.25) is 0 Å². The third-order valence-electron chi connectivity index (χ3n) is 6.02. The highest BCUT2D eigenvalue weighted by molar-refractivity contribution is 5.94. The lowest BCUT2D eigenvalue weighted by atomic mass is 9.77. The molecule has 30 heavy (non-hydrogen) atoms. The number of nitrogens with zero attached hydrogens (tertiary/aromatic N) is 1. The lowest BCUT2D eigenvalue weighted by Crippen LogP contribution is -2.24. The quantitative estimate of drug-likeness (QED) is 0.475. The van der Waals surface area contributed by atoms with Crippen LogP contribution in [0.25, 0.3) is 11.1 Å². The molecule has 4 nitrogen and oxygen atoms in total. The molecule has 3 aromatic rings. The van der Waals surface area contributed by atoms with E-state index in [1.165, 1.54) is 12.3 Å². The van der Waals surface area contributed by atoms with Crippen molar-refractivity contribution >= 4 is 11.6 Å². The Bertz CT molecular complexity index is 1000. The minimum atomic E-state index is -0.250. The van der Waals surface area contributed by atoms with Gasteiger partial charge >= 0.3 is 0 Å². The van der Waals surface area contributed by atoms with E-state index in [-0.39, 0.29) is 23.3 Å². The van der Waals surface area contributed by atoms with Gasteiger partial charge in [0.05, 0.1) is 0 Å². The molecule has 154 valence electrons. The molecular weight excluding hydrogens is 381 g/mol. The summed E-state index contributed by atoms with van der Waals surface area (Å²) in [6.45, 7) is 0. The zero-order chi connectivity index (χ0) is 20.9. The molecule has 4 rings (SSSR count). The van der Waals surface area contributed by atoms with Crippen molar-refractivity contribution in [3.05, 3.63) is 77.9 Å². The second-order valence-electron chi connectivity index (χ2n) is 8.05. The Morgan fingerprint density at radius 2 is 1.70 bits per heavy atom.